The molecular weight excluding hydrogens is 411 g/mol. The summed E-state index contributed by atoms with van der Waals surface area (Å²) in [7, 11) is 1.49. The fraction of sp³-hybridized carbons (Fsp3) is 0.143. The number of carbonyl (C=O) groups excluding carboxylic acids is 1. The number of nitrogens with zero attached hydrogens (tertiary/aromatic N) is 4. The van der Waals surface area contributed by atoms with Gasteiger partial charge < -0.3 is 10.1 Å². The van der Waals surface area contributed by atoms with E-state index in [1.807, 2.05) is 0 Å². The third kappa shape index (κ3) is 3.91. The molecule has 1 N–H and O–H groups in total. The maximum Gasteiger partial charge on any atom is 0.417 e. The summed E-state index contributed by atoms with van der Waals surface area (Å²) in [5.41, 5.74) is -0.0599. The number of benzene rings is 1. The van der Waals surface area contributed by atoms with Crippen LogP contribution in [0.1, 0.15) is 21.7 Å². The first-order valence-electron chi connectivity index (χ1n) is 9.12. The molecule has 1 aromatic carbocycles. The van der Waals surface area contributed by atoms with Crippen LogP contribution in [0.15, 0.2) is 54.7 Å². The number of hydrogen-bond donors (Lipinski definition) is 1. The SMILES string of the molecule is COc1ccnc(NC(=O)c2c(C)nc3ccc(-c4ccccc4C(F)(F)F)nn23)c1. The first kappa shape index (κ1) is 20.3. The molecule has 0 aliphatic heterocycles. The van der Waals surface area contributed by atoms with Crippen LogP contribution in [0, 0.1) is 6.92 Å². The van der Waals surface area contributed by atoms with E-state index in [9.17, 15) is 18.0 Å². The monoisotopic (exact) mass is 427 g/mol. The van der Waals surface area contributed by atoms with Gasteiger partial charge in [-0.2, -0.15) is 18.3 Å². The normalized spacial score (nSPS) is 11.5. The van der Waals surface area contributed by atoms with E-state index >= 15 is 0 Å². The molecule has 0 saturated carbocycles. The Hall–Kier alpha value is -3.95. The average Bonchev–Trinajstić information content (AvgIpc) is 3.08. The lowest BCUT2D eigenvalue weighted by molar-refractivity contribution is -0.137. The molecule has 0 aliphatic rings. The molecular formula is C21H16F3N5O2. The van der Waals surface area contributed by atoms with Gasteiger partial charge in [0.2, 0.25) is 0 Å². The minimum Gasteiger partial charge on any atom is -0.497 e. The van der Waals surface area contributed by atoms with Gasteiger partial charge in [-0.1, -0.05) is 18.2 Å². The average molecular weight is 427 g/mol. The van der Waals surface area contributed by atoms with Gasteiger partial charge in [0.15, 0.2) is 11.3 Å². The molecule has 7 nitrogen and oxygen atoms in total. The Morgan fingerprint density at radius 2 is 1.90 bits per heavy atom. The summed E-state index contributed by atoms with van der Waals surface area (Å²) >= 11 is 0. The number of ether oxygens (including phenoxy) is 1. The Bertz CT molecular complexity index is 1280. The fourth-order valence-corrected chi connectivity index (χ4v) is 3.18. The number of pyridine rings is 1. The number of methoxy groups -OCH3 is 1. The molecule has 4 rings (SSSR count). The Labute approximate surface area is 174 Å². The lowest BCUT2D eigenvalue weighted by Gasteiger charge is -2.12. The first-order chi connectivity index (χ1) is 14.8. The summed E-state index contributed by atoms with van der Waals surface area (Å²) in [5, 5.41) is 6.92. The molecule has 0 atom stereocenters. The van der Waals surface area contributed by atoms with E-state index < -0.39 is 17.6 Å². The number of amides is 1. The van der Waals surface area contributed by atoms with Crippen LogP contribution < -0.4 is 10.1 Å². The van der Waals surface area contributed by atoms with Crippen LogP contribution in [0.3, 0.4) is 0 Å². The van der Waals surface area contributed by atoms with Gasteiger partial charge in [-0.05, 0) is 31.2 Å². The van der Waals surface area contributed by atoms with Crippen LogP contribution in [0.2, 0.25) is 0 Å². The number of halogens is 3. The molecule has 0 unspecified atom stereocenters. The highest BCUT2D eigenvalue weighted by molar-refractivity contribution is 6.04. The number of aromatic nitrogens is 4. The molecule has 0 spiro atoms. The summed E-state index contributed by atoms with van der Waals surface area (Å²) in [4.78, 5) is 21.3. The molecule has 1 amide bonds. The zero-order chi connectivity index (χ0) is 22.2. The number of imidazole rings is 1. The number of anilines is 1. The van der Waals surface area contributed by atoms with Crippen LogP contribution in [0.4, 0.5) is 19.0 Å². The van der Waals surface area contributed by atoms with Gasteiger partial charge >= 0.3 is 6.18 Å². The number of carbonyl (C=O) groups is 1. The largest absolute Gasteiger partial charge is 0.497 e. The lowest BCUT2D eigenvalue weighted by atomic mass is 10.0. The van der Waals surface area contributed by atoms with Crippen molar-refractivity contribution in [2.24, 2.45) is 0 Å². The predicted molar refractivity (Wildman–Crippen MR) is 107 cm³/mol. The number of rotatable bonds is 4. The highest BCUT2D eigenvalue weighted by atomic mass is 19.4. The molecule has 0 bridgehead atoms. The molecule has 31 heavy (non-hydrogen) atoms. The second-order valence-electron chi connectivity index (χ2n) is 6.61. The number of alkyl halides is 3. The Balaban J connectivity index is 1.78. The molecule has 0 aliphatic carbocycles. The van der Waals surface area contributed by atoms with Crippen molar-refractivity contribution < 1.29 is 22.7 Å². The molecule has 158 valence electrons. The molecule has 0 saturated heterocycles. The van der Waals surface area contributed by atoms with E-state index in [0.29, 0.717) is 17.1 Å². The molecule has 4 aromatic rings. The van der Waals surface area contributed by atoms with Crippen molar-refractivity contribution in [1.82, 2.24) is 19.6 Å². The summed E-state index contributed by atoms with van der Waals surface area (Å²) in [6, 6.07) is 11.3. The number of aryl methyl sites for hydroxylation is 1. The van der Waals surface area contributed by atoms with Crippen molar-refractivity contribution in [1.29, 1.82) is 0 Å². The van der Waals surface area contributed by atoms with Crippen molar-refractivity contribution in [2.75, 3.05) is 12.4 Å². The van der Waals surface area contributed by atoms with Gasteiger partial charge in [0.25, 0.3) is 5.91 Å². The summed E-state index contributed by atoms with van der Waals surface area (Å²) in [5.74, 6) is 0.195. The van der Waals surface area contributed by atoms with Crippen molar-refractivity contribution in [3.8, 4) is 17.0 Å². The third-order valence-electron chi connectivity index (χ3n) is 4.58. The number of fused-ring (bicyclic) bond motifs is 1. The van der Waals surface area contributed by atoms with E-state index in [4.69, 9.17) is 4.74 Å². The van der Waals surface area contributed by atoms with E-state index in [2.05, 4.69) is 20.4 Å². The Morgan fingerprint density at radius 3 is 2.65 bits per heavy atom. The predicted octanol–water partition coefficient (Wildman–Crippen LogP) is 4.38. The lowest BCUT2D eigenvalue weighted by Crippen LogP contribution is -2.17. The van der Waals surface area contributed by atoms with E-state index in [1.54, 1.807) is 13.0 Å². The van der Waals surface area contributed by atoms with Gasteiger partial charge in [-0.3, -0.25) is 4.79 Å². The summed E-state index contributed by atoms with van der Waals surface area (Å²) in [6.45, 7) is 1.62. The zero-order valence-corrected chi connectivity index (χ0v) is 16.4. The summed E-state index contributed by atoms with van der Waals surface area (Å²) < 4.78 is 46.6. The molecule has 0 fully saturated rings. The van der Waals surface area contributed by atoms with Gasteiger partial charge in [0.05, 0.1) is 24.1 Å². The number of hydrogen-bond acceptors (Lipinski definition) is 5. The molecule has 3 heterocycles. The van der Waals surface area contributed by atoms with Gasteiger partial charge in [-0.15, -0.1) is 0 Å². The van der Waals surface area contributed by atoms with Gasteiger partial charge in [-0.25, -0.2) is 14.5 Å². The second kappa shape index (κ2) is 7.71. The molecule has 10 heteroatoms. The van der Waals surface area contributed by atoms with Crippen LogP contribution in [0.5, 0.6) is 5.75 Å². The molecule has 3 aromatic heterocycles. The third-order valence-corrected chi connectivity index (χ3v) is 4.58. The van der Waals surface area contributed by atoms with Gasteiger partial charge in [0.1, 0.15) is 11.6 Å². The quantitative estimate of drug-likeness (QED) is 0.523. The Kier molecular flexibility index (Phi) is 5.05. The van der Waals surface area contributed by atoms with Crippen molar-refractivity contribution in [2.45, 2.75) is 13.1 Å². The zero-order valence-electron chi connectivity index (χ0n) is 16.4. The van der Waals surface area contributed by atoms with Crippen molar-refractivity contribution >= 4 is 17.4 Å². The minimum atomic E-state index is -4.55. The van der Waals surface area contributed by atoms with Crippen molar-refractivity contribution in [3.63, 3.8) is 0 Å². The Morgan fingerprint density at radius 1 is 1.13 bits per heavy atom. The molecule has 0 radical (unpaired) electrons. The van der Waals surface area contributed by atoms with Crippen molar-refractivity contribution in [3.05, 3.63) is 71.7 Å². The van der Waals surface area contributed by atoms with E-state index in [-0.39, 0.29) is 22.8 Å². The topological polar surface area (TPSA) is 81.4 Å². The van der Waals surface area contributed by atoms with Crippen LogP contribution in [-0.4, -0.2) is 32.6 Å². The maximum atomic E-state index is 13.4. The van der Waals surface area contributed by atoms with Crippen LogP contribution in [-0.2, 0) is 6.18 Å². The fourth-order valence-electron chi connectivity index (χ4n) is 3.18. The van der Waals surface area contributed by atoms with Crippen LogP contribution >= 0.6 is 0 Å². The first-order valence-corrected chi connectivity index (χ1v) is 9.12. The van der Waals surface area contributed by atoms with Crippen LogP contribution in [0.25, 0.3) is 16.9 Å². The minimum absolute atomic E-state index is 0.0615. The van der Waals surface area contributed by atoms with E-state index in [1.165, 1.54) is 54.2 Å². The smallest absolute Gasteiger partial charge is 0.417 e. The van der Waals surface area contributed by atoms with E-state index in [0.717, 1.165) is 6.07 Å². The second-order valence-corrected chi connectivity index (χ2v) is 6.61. The number of nitrogens with one attached hydrogen (secondary N) is 1. The van der Waals surface area contributed by atoms with Gasteiger partial charge in [0, 0.05) is 17.8 Å². The summed E-state index contributed by atoms with van der Waals surface area (Å²) in [6.07, 6.45) is -3.07. The highest BCUT2D eigenvalue weighted by Crippen LogP contribution is 2.36. The standard InChI is InChI=1S/C21H16F3N5O2/c1-12-19(20(30)27-17-11-13(31-2)9-10-25-17)29-18(26-12)8-7-16(28-29)14-5-3-4-6-15(14)21(22,23)24/h3-11H,1-2H3,(H,25,27,30). The highest BCUT2D eigenvalue weighted by Gasteiger charge is 2.34. The maximum absolute atomic E-state index is 13.4.